The van der Waals surface area contributed by atoms with Gasteiger partial charge in [0.1, 0.15) is 22.2 Å². The predicted molar refractivity (Wildman–Crippen MR) is 208 cm³/mol. The van der Waals surface area contributed by atoms with Crippen LogP contribution in [-0.2, 0) is 28.9 Å². The van der Waals surface area contributed by atoms with Crippen LogP contribution in [0.3, 0.4) is 0 Å². The topological polar surface area (TPSA) is 64.6 Å². The van der Waals surface area contributed by atoms with E-state index in [0.717, 1.165) is 63.8 Å². The fraction of sp³-hybridized carbons (Fsp3) is 0.707. The zero-order chi connectivity index (χ0) is 36.8. The van der Waals surface area contributed by atoms with Gasteiger partial charge in [-0.05, 0) is 104 Å². The number of rotatable bonds is 21. The molecule has 7 nitrogen and oxygen atoms in total. The minimum absolute atomic E-state index is 0.170. The molecule has 4 rings (SSSR count). The quantitative estimate of drug-likeness (QED) is 0.118. The Labute approximate surface area is 306 Å². The van der Waals surface area contributed by atoms with E-state index >= 15 is 0 Å². The molecule has 282 valence electrons. The van der Waals surface area contributed by atoms with Crippen molar-refractivity contribution in [2.75, 3.05) is 46.2 Å². The average molecular weight is 733 g/mol. The fourth-order valence-electron chi connectivity index (χ4n) is 6.11. The molecule has 3 unspecified atom stereocenters. The Morgan fingerprint density at radius 1 is 0.780 bits per heavy atom. The molecule has 3 atom stereocenters. The van der Waals surface area contributed by atoms with E-state index in [1.165, 1.54) is 11.1 Å². The van der Waals surface area contributed by atoms with Crippen molar-refractivity contribution in [1.29, 1.82) is 0 Å². The minimum Gasteiger partial charge on any atom is -0.484 e. The summed E-state index contributed by atoms with van der Waals surface area (Å²) in [6, 6.07) is 17.0. The molecule has 2 fully saturated rings. The van der Waals surface area contributed by atoms with E-state index in [1.54, 1.807) is 0 Å². The van der Waals surface area contributed by atoms with Crippen LogP contribution < -0.4 is 9.26 Å². The summed E-state index contributed by atoms with van der Waals surface area (Å²) in [6.45, 7) is 31.4. The molecule has 2 aromatic rings. The lowest BCUT2D eigenvalue weighted by atomic mass is 9.78. The molecule has 50 heavy (non-hydrogen) atoms. The third-order valence-corrected chi connectivity index (χ3v) is 13.5. The maximum atomic E-state index is 6.58. The number of hydrogen-bond acceptors (Lipinski definition) is 7. The summed E-state index contributed by atoms with van der Waals surface area (Å²) in [5.74, 6) is 2.13. The van der Waals surface area contributed by atoms with Gasteiger partial charge in [-0.3, -0.25) is 0 Å². The Morgan fingerprint density at radius 2 is 1.34 bits per heavy atom. The van der Waals surface area contributed by atoms with Gasteiger partial charge in [0.25, 0.3) is 8.38 Å². The van der Waals surface area contributed by atoms with Gasteiger partial charge in [0, 0.05) is 16.2 Å². The average Bonchev–Trinajstić information content (AvgIpc) is 3.01. The molecule has 0 bridgehead atoms. The molecule has 0 amide bonds. The van der Waals surface area contributed by atoms with Crippen molar-refractivity contribution >= 4 is 17.0 Å². The standard InChI is InChI=1S/C41H66O7P2/c1-13-31(3)25-44-39(10,11)50(46-24-23-40(12)26-42-27-40)48-35-21-17-33(18-22-35)36(4,5)32-15-19-34(20-16-32)47-38(8,9)49-37(6,7)45-30-41(14-2)28-43-29-41/h15-22,31,49H,13-14,23-30H2,1-12H3. The maximum absolute atomic E-state index is 6.58. The lowest BCUT2D eigenvalue weighted by Gasteiger charge is -2.43. The Kier molecular flexibility index (Phi) is 13.9. The molecule has 0 saturated carbocycles. The smallest absolute Gasteiger partial charge is 0.263 e. The molecule has 0 radical (unpaired) electrons. The molecule has 9 heteroatoms. The first-order chi connectivity index (χ1) is 23.3. The second-order valence-electron chi connectivity index (χ2n) is 17.1. The lowest BCUT2D eigenvalue weighted by molar-refractivity contribution is -0.162. The van der Waals surface area contributed by atoms with Crippen LogP contribution in [0.4, 0.5) is 0 Å². The van der Waals surface area contributed by atoms with Crippen LogP contribution in [0.2, 0.25) is 0 Å². The van der Waals surface area contributed by atoms with Crippen molar-refractivity contribution in [2.45, 2.75) is 124 Å². The van der Waals surface area contributed by atoms with E-state index in [9.17, 15) is 0 Å². The van der Waals surface area contributed by atoms with Crippen LogP contribution in [0, 0.1) is 16.7 Å². The summed E-state index contributed by atoms with van der Waals surface area (Å²) >= 11 is 0. The van der Waals surface area contributed by atoms with Crippen molar-refractivity contribution in [3.8, 4) is 11.5 Å². The first kappa shape index (κ1) is 41.5. The van der Waals surface area contributed by atoms with Crippen molar-refractivity contribution in [3.05, 3.63) is 59.7 Å². The molecular formula is C41H66O7P2. The van der Waals surface area contributed by atoms with Crippen LogP contribution in [0.25, 0.3) is 0 Å². The van der Waals surface area contributed by atoms with Gasteiger partial charge in [-0.1, -0.05) is 72.2 Å². The Hall–Kier alpha value is -1.30. The van der Waals surface area contributed by atoms with E-state index in [-0.39, 0.29) is 26.9 Å². The highest BCUT2D eigenvalue weighted by atomic mass is 31.2. The van der Waals surface area contributed by atoms with Gasteiger partial charge < -0.3 is 32.7 Å². The highest BCUT2D eigenvalue weighted by molar-refractivity contribution is 7.49. The second-order valence-corrected chi connectivity index (χ2v) is 21.8. The Bertz CT molecular complexity index is 1330. The van der Waals surface area contributed by atoms with Gasteiger partial charge in [0.2, 0.25) is 0 Å². The van der Waals surface area contributed by atoms with Gasteiger partial charge >= 0.3 is 0 Å². The van der Waals surface area contributed by atoms with E-state index in [2.05, 4.69) is 132 Å². The van der Waals surface area contributed by atoms with Crippen molar-refractivity contribution in [1.82, 2.24) is 0 Å². The highest BCUT2D eigenvalue weighted by Gasteiger charge is 2.41. The molecule has 2 aliphatic rings. The zero-order valence-corrected chi connectivity index (χ0v) is 35.0. The predicted octanol–water partition coefficient (Wildman–Crippen LogP) is 10.9. The molecule has 2 saturated heterocycles. The minimum atomic E-state index is -1.35. The van der Waals surface area contributed by atoms with Gasteiger partial charge in [0.15, 0.2) is 0 Å². The maximum Gasteiger partial charge on any atom is 0.263 e. The van der Waals surface area contributed by atoms with Crippen molar-refractivity contribution in [2.24, 2.45) is 16.7 Å². The monoisotopic (exact) mass is 732 g/mol. The molecule has 0 aliphatic carbocycles. The van der Waals surface area contributed by atoms with Crippen molar-refractivity contribution < 1.29 is 32.7 Å². The summed E-state index contributed by atoms with van der Waals surface area (Å²) in [5, 5.41) is -1.21. The van der Waals surface area contributed by atoms with E-state index in [0.29, 0.717) is 27.7 Å². The lowest BCUT2D eigenvalue weighted by Crippen LogP contribution is -2.47. The number of benzene rings is 2. The number of hydrogen-bond donors (Lipinski definition) is 0. The summed E-state index contributed by atoms with van der Waals surface area (Å²) in [7, 11) is -0.892. The fourth-order valence-corrected chi connectivity index (χ4v) is 9.20. The Balaban J connectivity index is 1.37. The molecule has 0 aromatic heterocycles. The summed E-state index contributed by atoms with van der Waals surface area (Å²) < 4.78 is 43.4. The van der Waals surface area contributed by atoms with Crippen LogP contribution in [0.1, 0.15) is 113 Å². The van der Waals surface area contributed by atoms with E-state index in [4.69, 9.17) is 32.7 Å². The molecular weight excluding hydrogens is 666 g/mol. The third-order valence-electron chi connectivity index (χ3n) is 10.3. The molecule has 0 N–H and O–H groups in total. The largest absolute Gasteiger partial charge is 0.484 e. The first-order valence-corrected chi connectivity index (χ1v) is 20.7. The normalized spacial score (nSPS) is 19.1. The summed E-state index contributed by atoms with van der Waals surface area (Å²) in [5.41, 5.74) is 2.56. The van der Waals surface area contributed by atoms with Crippen LogP contribution in [0.5, 0.6) is 11.5 Å². The zero-order valence-electron chi connectivity index (χ0n) is 33.1. The SMILES string of the molecule is CCC(C)COC(C)(C)P(OCCC1(C)COC1)Oc1ccc(C(C)(C)c2ccc(OC(C)(C)PC(C)(C)OCC3(CC)COC3)cc2)cc1. The molecule has 0 spiro atoms. The van der Waals surface area contributed by atoms with Gasteiger partial charge in [-0.2, -0.15) is 0 Å². The molecule has 2 heterocycles. The summed E-state index contributed by atoms with van der Waals surface area (Å²) in [6.07, 6.45) is 3.09. The van der Waals surface area contributed by atoms with Crippen molar-refractivity contribution in [3.63, 3.8) is 0 Å². The summed E-state index contributed by atoms with van der Waals surface area (Å²) in [4.78, 5) is 0. The Morgan fingerprint density at radius 3 is 1.82 bits per heavy atom. The van der Waals surface area contributed by atoms with E-state index in [1.807, 2.05) is 0 Å². The first-order valence-electron chi connectivity index (χ1n) is 18.6. The highest BCUT2D eigenvalue weighted by Crippen LogP contribution is 2.53. The van der Waals surface area contributed by atoms with Gasteiger partial charge in [-0.25, -0.2) is 0 Å². The van der Waals surface area contributed by atoms with Gasteiger partial charge in [0.05, 0.1) is 51.6 Å². The molecule has 2 aromatic carbocycles. The van der Waals surface area contributed by atoms with Crippen LogP contribution in [-0.4, -0.2) is 62.3 Å². The van der Waals surface area contributed by atoms with Crippen LogP contribution >= 0.6 is 17.0 Å². The number of ether oxygens (including phenoxy) is 5. The van der Waals surface area contributed by atoms with Gasteiger partial charge in [-0.15, -0.1) is 0 Å². The second kappa shape index (κ2) is 16.8. The third kappa shape index (κ3) is 11.3. The van der Waals surface area contributed by atoms with Crippen LogP contribution in [0.15, 0.2) is 48.5 Å². The molecule has 2 aliphatic heterocycles. The van der Waals surface area contributed by atoms with E-state index < -0.39 is 13.7 Å².